The molecule has 1 aliphatic heterocycles. The first-order chi connectivity index (χ1) is 17.2. The van der Waals surface area contributed by atoms with Gasteiger partial charge in [0.1, 0.15) is 12.0 Å². The van der Waals surface area contributed by atoms with Gasteiger partial charge >= 0.3 is 5.97 Å². The Morgan fingerprint density at radius 3 is 2.00 bits per heavy atom. The fourth-order valence-corrected chi connectivity index (χ4v) is 4.89. The summed E-state index contributed by atoms with van der Waals surface area (Å²) in [6.45, 7) is 6.95. The second kappa shape index (κ2) is 18.3. The molecule has 0 spiro atoms. The van der Waals surface area contributed by atoms with Crippen LogP contribution in [0.15, 0.2) is 6.33 Å². The Hall–Kier alpha value is -2.05. The fourth-order valence-electron chi connectivity index (χ4n) is 4.89. The van der Waals surface area contributed by atoms with Gasteiger partial charge in [0.15, 0.2) is 11.6 Å². The lowest BCUT2D eigenvalue weighted by atomic mass is 9.97. The topological polar surface area (TPSA) is 93.4 Å². The predicted octanol–water partition coefficient (Wildman–Crippen LogP) is 6.73. The number of rotatable bonds is 19. The Morgan fingerprint density at radius 1 is 0.914 bits per heavy atom. The molecule has 0 radical (unpaired) electrons. The van der Waals surface area contributed by atoms with Gasteiger partial charge < -0.3 is 20.7 Å². The molecule has 0 aromatic carbocycles. The number of hydrogen-bond donors (Lipinski definition) is 2. The van der Waals surface area contributed by atoms with Gasteiger partial charge in [0.2, 0.25) is 0 Å². The number of esters is 1. The molecule has 7 heteroatoms. The Kier molecular flexibility index (Phi) is 15.2. The molecule has 2 heterocycles. The van der Waals surface area contributed by atoms with Crippen LogP contribution >= 0.6 is 0 Å². The standard InChI is InChI=1S/C28H51N5O2/c1-3-5-6-7-8-9-10-11-12-13-14-15-16-17-20-30-26-25(29)27(32-23-31-26)33-21-18-24(19-22-33)28(34)35-4-2/h23-24H,3-22,29H2,1-2H3,(H,30,31,32). The quantitative estimate of drug-likeness (QED) is 0.164. The van der Waals surface area contributed by atoms with E-state index < -0.39 is 0 Å². The van der Waals surface area contributed by atoms with Crippen molar-refractivity contribution >= 4 is 23.3 Å². The van der Waals surface area contributed by atoms with Crippen LogP contribution in [0.2, 0.25) is 0 Å². The van der Waals surface area contributed by atoms with Crippen molar-refractivity contribution in [1.82, 2.24) is 9.97 Å². The van der Waals surface area contributed by atoms with Crippen LogP contribution < -0.4 is 16.0 Å². The van der Waals surface area contributed by atoms with E-state index >= 15 is 0 Å². The van der Waals surface area contributed by atoms with Crippen LogP contribution in [0.3, 0.4) is 0 Å². The molecule has 35 heavy (non-hydrogen) atoms. The summed E-state index contributed by atoms with van der Waals surface area (Å²) >= 11 is 0. The van der Waals surface area contributed by atoms with E-state index in [1.807, 2.05) is 6.92 Å². The summed E-state index contributed by atoms with van der Waals surface area (Å²) in [6.07, 6.45) is 22.2. The van der Waals surface area contributed by atoms with Gasteiger partial charge in [0, 0.05) is 19.6 Å². The van der Waals surface area contributed by atoms with Gasteiger partial charge in [-0.1, -0.05) is 90.4 Å². The van der Waals surface area contributed by atoms with Crippen LogP contribution in [0.4, 0.5) is 17.3 Å². The molecule has 0 unspecified atom stereocenters. The zero-order valence-electron chi connectivity index (χ0n) is 22.5. The number of unbranched alkanes of at least 4 members (excludes halogenated alkanes) is 13. The van der Waals surface area contributed by atoms with Crippen LogP contribution in [0.5, 0.6) is 0 Å². The molecule has 3 N–H and O–H groups in total. The number of hydrogen-bond acceptors (Lipinski definition) is 7. The minimum Gasteiger partial charge on any atom is -0.466 e. The Labute approximate surface area is 214 Å². The summed E-state index contributed by atoms with van der Waals surface area (Å²) in [6, 6.07) is 0. The normalized spacial score (nSPS) is 14.3. The van der Waals surface area contributed by atoms with Crippen LogP contribution in [-0.2, 0) is 9.53 Å². The van der Waals surface area contributed by atoms with Crippen molar-refractivity contribution in [2.75, 3.05) is 42.2 Å². The molecule has 0 saturated carbocycles. The number of ether oxygens (including phenoxy) is 1. The van der Waals surface area contributed by atoms with E-state index in [4.69, 9.17) is 10.5 Å². The fraction of sp³-hybridized carbons (Fsp3) is 0.821. The lowest BCUT2D eigenvalue weighted by Crippen LogP contribution is -2.38. The van der Waals surface area contributed by atoms with Crippen molar-refractivity contribution in [2.24, 2.45) is 5.92 Å². The second-order valence-electron chi connectivity index (χ2n) is 10.00. The zero-order valence-corrected chi connectivity index (χ0v) is 22.5. The monoisotopic (exact) mass is 489 g/mol. The number of nitrogens with one attached hydrogen (secondary N) is 1. The minimum absolute atomic E-state index is 0.0211. The molecule has 2 rings (SSSR count). The number of anilines is 3. The average Bonchev–Trinajstić information content (AvgIpc) is 2.87. The summed E-state index contributed by atoms with van der Waals surface area (Å²) in [5, 5.41) is 3.40. The number of nitrogen functional groups attached to an aromatic ring is 1. The van der Waals surface area contributed by atoms with Crippen LogP contribution in [0.1, 0.15) is 117 Å². The molecule has 0 bridgehead atoms. The smallest absolute Gasteiger partial charge is 0.309 e. The van der Waals surface area contributed by atoms with E-state index in [9.17, 15) is 4.79 Å². The third kappa shape index (κ3) is 11.5. The summed E-state index contributed by atoms with van der Waals surface area (Å²) in [7, 11) is 0. The maximum Gasteiger partial charge on any atom is 0.309 e. The highest BCUT2D eigenvalue weighted by atomic mass is 16.5. The number of carbonyl (C=O) groups excluding carboxylic acids is 1. The van der Waals surface area contributed by atoms with Gasteiger partial charge in [-0.15, -0.1) is 0 Å². The van der Waals surface area contributed by atoms with Gasteiger partial charge in [-0.2, -0.15) is 0 Å². The van der Waals surface area contributed by atoms with E-state index in [0.29, 0.717) is 12.3 Å². The maximum atomic E-state index is 12.0. The number of nitrogens with zero attached hydrogens (tertiary/aromatic N) is 3. The van der Waals surface area contributed by atoms with E-state index in [1.54, 1.807) is 6.33 Å². The lowest BCUT2D eigenvalue weighted by Gasteiger charge is -2.32. The van der Waals surface area contributed by atoms with Crippen molar-refractivity contribution < 1.29 is 9.53 Å². The minimum atomic E-state index is -0.0849. The average molecular weight is 490 g/mol. The molecule has 0 atom stereocenters. The Morgan fingerprint density at radius 2 is 1.46 bits per heavy atom. The van der Waals surface area contributed by atoms with Crippen molar-refractivity contribution in [1.29, 1.82) is 0 Å². The van der Waals surface area contributed by atoms with Gasteiger partial charge in [-0.05, 0) is 26.2 Å². The molecule has 1 aromatic heterocycles. The summed E-state index contributed by atoms with van der Waals surface area (Å²) in [5.41, 5.74) is 7.00. The van der Waals surface area contributed by atoms with E-state index in [-0.39, 0.29) is 11.9 Å². The zero-order chi connectivity index (χ0) is 25.1. The van der Waals surface area contributed by atoms with Gasteiger partial charge in [0.25, 0.3) is 0 Å². The molecular weight excluding hydrogens is 438 g/mol. The first-order valence-electron chi connectivity index (χ1n) is 14.4. The van der Waals surface area contributed by atoms with Crippen molar-refractivity contribution in [2.45, 2.75) is 117 Å². The third-order valence-corrected chi connectivity index (χ3v) is 7.10. The molecule has 200 valence electrons. The highest BCUT2D eigenvalue weighted by Crippen LogP contribution is 2.30. The largest absolute Gasteiger partial charge is 0.466 e. The third-order valence-electron chi connectivity index (χ3n) is 7.10. The number of nitrogens with two attached hydrogens (primary N) is 1. The number of piperidine rings is 1. The first-order valence-corrected chi connectivity index (χ1v) is 14.4. The van der Waals surface area contributed by atoms with E-state index in [0.717, 1.165) is 50.5 Å². The summed E-state index contributed by atoms with van der Waals surface area (Å²) in [4.78, 5) is 22.9. The van der Waals surface area contributed by atoms with E-state index in [1.165, 1.54) is 83.5 Å². The number of aromatic nitrogens is 2. The van der Waals surface area contributed by atoms with Gasteiger partial charge in [0.05, 0.1) is 12.5 Å². The Bertz CT molecular complexity index is 692. The molecule has 1 aromatic rings. The van der Waals surface area contributed by atoms with Gasteiger partial charge in [-0.3, -0.25) is 4.79 Å². The lowest BCUT2D eigenvalue weighted by molar-refractivity contribution is -0.148. The molecule has 1 saturated heterocycles. The molecule has 7 nitrogen and oxygen atoms in total. The number of carbonyl (C=O) groups is 1. The predicted molar refractivity (Wildman–Crippen MR) is 147 cm³/mol. The van der Waals surface area contributed by atoms with Crippen molar-refractivity contribution in [3.8, 4) is 0 Å². The van der Waals surface area contributed by atoms with Gasteiger partial charge in [-0.25, -0.2) is 9.97 Å². The molecule has 1 fully saturated rings. The summed E-state index contributed by atoms with van der Waals surface area (Å²) in [5.74, 6) is 1.38. The Balaban J connectivity index is 1.53. The first kappa shape index (κ1) is 29.2. The molecular formula is C28H51N5O2. The maximum absolute atomic E-state index is 12.0. The van der Waals surface area contributed by atoms with E-state index in [2.05, 4.69) is 27.1 Å². The second-order valence-corrected chi connectivity index (χ2v) is 10.00. The van der Waals surface area contributed by atoms with Crippen LogP contribution in [0.25, 0.3) is 0 Å². The summed E-state index contributed by atoms with van der Waals surface area (Å²) < 4.78 is 5.17. The van der Waals surface area contributed by atoms with Crippen LogP contribution in [-0.4, -0.2) is 42.2 Å². The molecule has 1 aliphatic rings. The highest BCUT2D eigenvalue weighted by molar-refractivity contribution is 5.76. The van der Waals surface area contributed by atoms with Crippen molar-refractivity contribution in [3.05, 3.63) is 6.33 Å². The van der Waals surface area contributed by atoms with Crippen molar-refractivity contribution in [3.63, 3.8) is 0 Å². The highest BCUT2D eigenvalue weighted by Gasteiger charge is 2.27. The SMILES string of the molecule is CCCCCCCCCCCCCCCCNc1ncnc(N2CCC(C(=O)OCC)CC2)c1N. The molecule has 0 amide bonds. The molecule has 0 aliphatic carbocycles. The van der Waals surface area contributed by atoms with Crippen LogP contribution in [0, 0.1) is 5.92 Å².